The van der Waals surface area contributed by atoms with Crippen molar-refractivity contribution in [2.45, 2.75) is 19.3 Å². The first-order valence-electron chi connectivity index (χ1n) is 6.71. The predicted molar refractivity (Wildman–Crippen MR) is 75.8 cm³/mol. The minimum atomic E-state index is -4.38. The molecule has 0 aliphatic carbocycles. The van der Waals surface area contributed by atoms with Gasteiger partial charge in [0.1, 0.15) is 17.8 Å². The molecule has 23 heavy (non-hydrogen) atoms. The largest absolute Gasteiger partial charge is 0.484 e. The van der Waals surface area contributed by atoms with Crippen LogP contribution in [0.3, 0.4) is 0 Å². The SMILES string of the molecule is NCc1cc(C(=O)NCc2ccc(OCC(F)(F)F)cc2)co1. The van der Waals surface area contributed by atoms with E-state index in [-0.39, 0.29) is 24.7 Å². The fourth-order valence-corrected chi connectivity index (χ4v) is 1.76. The molecular weight excluding hydrogens is 313 g/mol. The molecule has 0 aliphatic heterocycles. The lowest BCUT2D eigenvalue weighted by atomic mass is 10.2. The van der Waals surface area contributed by atoms with Crippen LogP contribution in [-0.4, -0.2) is 18.7 Å². The highest BCUT2D eigenvalue weighted by Gasteiger charge is 2.28. The smallest absolute Gasteiger partial charge is 0.422 e. The van der Waals surface area contributed by atoms with Crippen LogP contribution in [0.2, 0.25) is 0 Å². The van der Waals surface area contributed by atoms with Gasteiger partial charge in [0.2, 0.25) is 0 Å². The molecular formula is C15H15F3N2O3. The number of alkyl halides is 3. The molecule has 0 saturated carbocycles. The van der Waals surface area contributed by atoms with Crippen molar-refractivity contribution in [1.29, 1.82) is 0 Å². The zero-order valence-electron chi connectivity index (χ0n) is 12.0. The molecule has 2 aromatic rings. The fourth-order valence-electron chi connectivity index (χ4n) is 1.76. The number of carbonyl (C=O) groups excluding carboxylic acids is 1. The molecule has 124 valence electrons. The van der Waals surface area contributed by atoms with Gasteiger partial charge in [-0.15, -0.1) is 0 Å². The Morgan fingerprint density at radius 1 is 1.26 bits per heavy atom. The van der Waals surface area contributed by atoms with Crippen LogP contribution in [0.1, 0.15) is 21.7 Å². The van der Waals surface area contributed by atoms with E-state index in [2.05, 4.69) is 10.1 Å². The number of amides is 1. The second kappa shape index (κ2) is 7.19. The summed E-state index contributed by atoms with van der Waals surface area (Å²) in [5.41, 5.74) is 6.47. The molecule has 2 rings (SSSR count). The maximum absolute atomic E-state index is 12.0. The standard InChI is InChI=1S/C15H15F3N2O3/c16-15(17,18)9-23-12-3-1-10(2-4-12)7-20-14(21)11-5-13(6-19)22-8-11/h1-5,8H,6-7,9,19H2,(H,20,21). The highest BCUT2D eigenvalue weighted by molar-refractivity contribution is 5.93. The number of rotatable bonds is 6. The van der Waals surface area contributed by atoms with Crippen LogP contribution in [-0.2, 0) is 13.1 Å². The monoisotopic (exact) mass is 328 g/mol. The molecule has 0 bridgehead atoms. The number of carbonyl (C=O) groups is 1. The van der Waals surface area contributed by atoms with Crippen molar-refractivity contribution in [2.75, 3.05) is 6.61 Å². The summed E-state index contributed by atoms with van der Waals surface area (Å²) in [4.78, 5) is 11.9. The maximum atomic E-state index is 12.0. The molecule has 8 heteroatoms. The average Bonchev–Trinajstić information content (AvgIpc) is 3.00. The van der Waals surface area contributed by atoms with Crippen molar-refractivity contribution in [2.24, 2.45) is 5.73 Å². The summed E-state index contributed by atoms with van der Waals surface area (Å²) in [6, 6.07) is 7.53. The number of benzene rings is 1. The van der Waals surface area contributed by atoms with Gasteiger partial charge in [0.05, 0.1) is 12.1 Å². The van der Waals surface area contributed by atoms with Crippen molar-refractivity contribution in [3.63, 3.8) is 0 Å². The first-order chi connectivity index (χ1) is 10.9. The molecule has 1 aromatic carbocycles. The van der Waals surface area contributed by atoms with Crippen LogP contribution in [0.5, 0.6) is 5.75 Å². The van der Waals surface area contributed by atoms with Crippen LogP contribution < -0.4 is 15.8 Å². The lowest BCUT2D eigenvalue weighted by Gasteiger charge is -2.09. The van der Waals surface area contributed by atoms with Gasteiger partial charge in [-0.3, -0.25) is 4.79 Å². The zero-order valence-corrected chi connectivity index (χ0v) is 12.0. The molecule has 0 atom stereocenters. The molecule has 1 aromatic heterocycles. The van der Waals surface area contributed by atoms with Gasteiger partial charge in [-0.2, -0.15) is 13.2 Å². The molecule has 5 nitrogen and oxygen atoms in total. The molecule has 1 heterocycles. The molecule has 0 fully saturated rings. The van der Waals surface area contributed by atoms with Gasteiger partial charge >= 0.3 is 6.18 Å². The van der Waals surface area contributed by atoms with Crippen LogP contribution in [0.25, 0.3) is 0 Å². The van der Waals surface area contributed by atoms with E-state index < -0.39 is 12.8 Å². The molecule has 3 N–H and O–H groups in total. The topological polar surface area (TPSA) is 77.5 Å². The summed E-state index contributed by atoms with van der Waals surface area (Å²) < 4.78 is 45.8. The second-order valence-electron chi connectivity index (χ2n) is 4.74. The van der Waals surface area contributed by atoms with Crippen molar-refractivity contribution >= 4 is 5.91 Å². The van der Waals surface area contributed by atoms with E-state index in [4.69, 9.17) is 10.2 Å². The lowest BCUT2D eigenvalue weighted by molar-refractivity contribution is -0.153. The number of nitrogens with two attached hydrogens (primary N) is 1. The summed E-state index contributed by atoms with van der Waals surface area (Å²) in [5, 5.41) is 2.67. The average molecular weight is 328 g/mol. The summed E-state index contributed by atoms with van der Waals surface area (Å²) in [5.74, 6) is 0.284. The van der Waals surface area contributed by atoms with Crippen LogP contribution in [0.4, 0.5) is 13.2 Å². The Kier molecular flexibility index (Phi) is 5.28. The summed E-state index contributed by atoms with van der Waals surface area (Å²) in [7, 11) is 0. The lowest BCUT2D eigenvalue weighted by Crippen LogP contribution is -2.22. The molecule has 0 radical (unpaired) electrons. The number of hydrogen-bond acceptors (Lipinski definition) is 4. The van der Waals surface area contributed by atoms with Gasteiger partial charge in [-0.05, 0) is 23.8 Å². The minimum absolute atomic E-state index is 0.111. The third-order valence-electron chi connectivity index (χ3n) is 2.90. The molecule has 0 aliphatic rings. The summed E-state index contributed by atoms with van der Waals surface area (Å²) >= 11 is 0. The first-order valence-corrected chi connectivity index (χ1v) is 6.71. The number of halogens is 3. The van der Waals surface area contributed by atoms with Gasteiger partial charge in [0.25, 0.3) is 5.91 Å². The van der Waals surface area contributed by atoms with Gasteiger partial charge in [-0.1, -0.05) is 12.1 Å². The molecule has 0 unspecified atom stereocenters. The Bertz CT molecular complexity index is 651. The van der Waals surface area contributed by atoms with Crippen LogP contribution in [0, 0.1) is 0 Å². The van der Waals surface area contributed by atoms with E-state index in [1.807, 2.05) is 0 Å². The third-order valence-corrected chi connectivity index (χ3v) is 2.90. The van der Waals surface area contributed by atoms with Gasteiger partial charge in [0, 0.05) is 6.54 Å². The predicted octanol–water partition coefficient (Wildman–Crippen LogP) is 2.61. The maximum Gasteiger partial charge on any atom is 0.422 e. The van der Waals surface area contributed by atoms with Gasteiger partial charge < -0.3 is 20.2 Å². The van der Waals surface area contributed by atoms with E-state index in [0.717, 1.165) is 5.56 Å². The number of hydrogen-bond donors (Lipinski definition) is 2. The highest BCUT2D eigenvalue weighted by Crippen LogP contribution is 2.18. The first kappa shape index (κ1) is 16.9. The van der Waals surface area contributed by atoms with E-state index >= 15 is 0 Å². The summed E-state index contributed by atoms with van der Waals surface area (Å²) in [6.45, 7) is -0.915. The second-order valence-corrected chi connectivity index (χ2v) is 4.74. The fraction of sp³-hybridized carbons (Fsp3) is 0.267. The number of furan rings is 1. The van der Waals surface area contributed by atoms with E-state index in [9.17, 15) is 18.0 Å². The third kappa shape index (κ3) is 5.33. The van der Waals surface area contributed by atoms with E-state index in [1.54, 1.807) is 18.2 Å². The molecule has 0 spiro atoms. The van der Waals surface area contributed by atoms with Crippen LogP contribution in [0.15, 0.2) is 41.0 Å². The number of nitrogens with one attached hydrogen (secondary N) is 1. The quantitative estimate of drug-likeness (QED) is 0.854. The van der Waals surface area contributed by atoms with Crippen molar-refractivity contribution in [3.05, 3.63) is 53.5 Å². The summed E-state index contributed by atoms with van der Waals surface area (Å²) in [6.07, 6.45) is -3.06. The van der Waals surface area contributed by atoms with Gasteiger partial charge in [0.15, 0.2) is 6.61 Å². The van der Waals surface area contributed by atoms with Crippen molar-refractivity contribution in [3.8, 4) is 5.75 Å². The number of ether oxygens (including phenoxy) is 1. The van der Waals surface area contributed by atoms with E-state index in [1.165, 1.54) is 18.4 Å². The Morgan fingerprint density at radius 3 is 2.52 bits per heavy atom. The molecule has 0 saturated heterocycles. The van der Waals surface area contributed by atoms with E-state index in [0.29, 0.717) is 11.3 Å². The Morgan fingerprint density at radius 2 is 1.96 bits per heavy atom. The van der Waals surface area contributed by atoms with Crippen LogP contribution >= 0.6 is 0 Å². The Hall–Kier alpha value is -2.48. The van der Waals surface area contributed by atoms with Gasteiger partial charge in [-0.25, -0.2) is 0 Å². The highest BCUT2D eigenvalue weighted by atomic mass is 19.4. The molecule has 1 amide bonds. The minimum Gasteiger partial charge on any atom is -0.484 e. The zero-order chi connectivity index (χ0) is 16.9. The Labute approximate surface area is 130 Å². The van der Waals surface area contributed by atoms with Crippen molar-refractivity contribution in [1.82, 2.24) is 5.32 Å². The van der Waals surface area contributed by atoms with Crippen molar-refractivity contribution < 1.29 is 27.1 Å². The Balaban J connectivity index is 1.85. The normalized spacial score (nSPS) is 11.3.